The van der Waals surface area contributed by atoms with E-state index in [9.17, 15) is 0 Å². The minimum absolute atomic E-state index is 0.856. The van der Waals surface area contributed by atoms with Gasteiger partial charge in [0.1, 0.15) is 0 Å². The van der Waals surface area contributed by atoms with Gasteiger partial charge in [-0.15, -0.1) is 0 Å². The third kappa shape index (κ3) is 30.8. The van der Waals surface area contributed by atoms with Gasteiger partial charge in [0.2, 0.25) is 0 Å². The summed E-state index contributed by atoms with van der Waals surface area (Å²) in [5.41, 5.74) is 4.83. The lowest BCUT2D eigenvalue weighted by Gasteiger charge is -2.40. The Morgan fingerprint density at radius 1 is 0.224 bits per heavy atom. The van der Waals surface area contributed by atoms with E-state index in [1.807, 2.05) is 0 Å². The maximum atomic E-state index is 2.43. The second-order valence-electron chi connectivity index (χ2n) is 39.6. The van der Waals surface area contributed by atoms with Gasteiger partial charge in [-0.2, -0.15) is 0 Å². The highest BCUT2D eigenvalue weighted by molar-refractivity contribution is 5.30. The summed E-state index contributed by atoms with van der Waals surface area (Å²) >= 11 is 0. The second kappa shape index (κ2) is 48.6. The van der Waals surface area contributed by atoms with Crippen LogP contribution in [0.5, 0.6) is 0 Å². The molecule has 0 spiro atoms. The Bertz CT molecular complexity index is 2680. The average molecular weight is 1450 g/mol. The van der Waals surface area contributed by atoms with Gasteiger partial charge in [-0.05, 0) is 323 Å². The van der Waals surface area contributed by atoms with E-state index in [4.69, 9.17) is 0 Å². The normalized spacial score (nSPS) is 36.9. The lowest BCUT2D eigenvalue weighted by Crippen LogP contribution is -2.28. The first-order valence-electron chi connectivity index (χ1n) is 48.8. The van der Waals surface area contributed by atoms with Gasteiger partial charge in [0.15, 0.2) is 0 Å². The fourth-order valence-corrected chi connectivity index (χ4v) is 24.2. The van der Waals surface area contributed by atoms with Crippen LogP contribution >= 0.6 is 0 Å². The van der Waals surface area contributed by atoms with Gasteiger partial charge in [-0.1, -0.05) is 344 Å². The second-order valence-corrected chi connectivity index (χ2v) is 39.6. The molecule has 1 aromatic rings. The van der Waals surface area contributed by atoms with Crippen LogP contribution in [0.2, 0.25) is 0 Å². The van der Waals surface area contributed by atoms with Gasteiger partial charge in [-0.3, -0.25) is 0 Å². The van der Waals surface area contributed by atoms with Gasteiger partial charge in [0.25, 0.3) is 0 Å². The van der Waals surface area contributed by atoms with Crippen molar-refractivity contribution in [2.24, 2.45) is 112 Å². The zero-order valence-electron chi connectivity index (χ0n) is 69.6. The fraction of sp³-hybridized carbons (Fsp3) is 0.757. The summed E-state index contributed by atoms with van der Waals surface area (Å²) in [6.07, 6.45) is 134. The summed E-state index contributed by atoms with van der Waals surface area (Å²) < 4.78 is 0. The molecule has 27 aliphatic carbocycles. The maximum absolute atomic E-state index is 2.43. The van der Waals surface area contributed by atoms with E-state index < -0.39 is 0 Å². The predicted octanol–water partition coefficient (Wildman–Crippen LogP) is 33.0. The molecule has 11 atom stereocenters. The zero-order chi connectivity index (χ0) is 72.8. The molecule has 0 heterocycles. The highest BCUT2D eigenvalue weighted by Gasteiger charge is 2.44. The molecule has 107 heavy (non-hydrogen) atoms. The Hall–Kier alpha value is -3.38. The topological polar surface area (TPSA) is 0 Å². The lowest BCUT2D eigenvalue weighted by molar-refractivity contribution is 0.116. The van der Waals surface area contributed by atoms with Crippen LogP contribution < -0.4 is 0 Å². The number of fused-ring (bicyclic) bond motifs is 16. The van der Waals surface area contributed by atoms with Crippen molar-refractivity contribution in [2.45, 2.75) is 398 Å². The number of allylic oxidation sites excluding steroid dienone is 20. The van der Waals surface area contributed by atoms with Crippen molar-refractivity contribution in [2.75, 3.05) is 0 Å². The molecule has 0 N–H and O–H groups in total. The molecule has 1 aromatic carbocycles. The summed E-state index contributed by atoms with van der Waals surface area (Å²) in [5, 5.41) is 0. The lowest BCUT2D eigenvalue weighted by atomic mass is 9.65. The predicted molar refractivity (Wildman–Crippen MR) is 468 cm³/mol. The smallest absolute Gasteiger partial charge is 0.00169 e. The Kier molecular flexibility index (Phi) is 37.7. The van der Waals surface area contributed by atoms with Crippen LogP contribution in [0.15, 0.2) is 145 Å². The van der Waals surface area contributed by atoms with Crippen molar-refractivity contribution in [3.63, 3.8) is 0 Å². The third-order valence-electron chi connectivity index (χ3n) is 31.7. The first kappa shape index (κ1) is 83.1. The quantitative estimate of drug-likeness (QED) is 0.227. The van der Waals surface area contributed by atoms with Crippen LogP contribution in [0.25, 0.3) is 0 Å². The Labute approximate surface area is 662 Å². The van der Waals surface area contributed by atoms with Gasteiger partial charge in [0.05, 0.1) is 0 Å². The molecule has 0 saturated heterocycles. The number of aryl methyl sites for hydroxylation is 2. The van der Waals surface area contributed by atoms with Gasteiger partial charge in [0, 0.05) is 0 Å². The largest absolute Gasteiger partial charge is 0.0885 e. The molecular formula is C107H166. The van der Waals surface area contributed by atoms with Crippen LogP contribution in [-0.2, 0) is 12.8 Å². The highest BCUT2D eigenvalue weighted by atomic mass is 14.5. The highest BCUT2D eigenvalue weighted by Crippen LogP contribution is 2.55. The van der Waals surface area contributed by atoms with Crippen molar-refractivity contribution >= 4 is 0 Å². The van der Waals surface area contributed by atoms with E-state index >= 15 is 0 Å². The molecule has 19 fully saturated rings. The van der Waals surface area contributed by atoms with Crippen LogP contribution in [0, 0.1) is 112 Å². The molecule has 0 nitrogen and oxygen atoms in total. The monoisotopic (exact) mass is 1450 g/mol. The Balaban J connectivity index is 0.000000108. The van der Waals surface area contributed by atoms with E-state index in [1.165, 1.54) is 270 Å². The van der Waals surface area contributed by atoms with Crippen molar-refractivity contribution in [1.29, 1.82) is 0 Å². The number of benzene rings is 1. The maximum Gasteiger partial charge on any atom is -0.00169 e. The molecular weight excluding hydrogens is 1290 g/mol. The SMILES string of the molecule is C1=CC2CCC1C2.C1=CC2CCCC2=C1.C1=CC2CCCCC2C1.C1=CCC=CC1.C1=CCCC1.C1=CCCC=C1.C1=CCCCC1.C1CC2CC(C1)C2.C1CC2CC12.C1CC2CC2C1.C1CC2CCC1C2.C1CC2CCC1CC2.C1CC2CCCC2C1.C1CCC2CCCC2C1.c1ccc2c(c1)CCCC2. The van der Waals surface area contributed by atoms with Gasteiger partial charge >= 0.3 is 0 Å². The number of hydrogen-bond acceptors (Lipinski definition) is 0. The van der Waals surface area contributed by atoms with Crippen molar-refractivity contribution in [3.05, 3.63) is 156 Å². The zero-order valence-corrected chi connectivity index (χ0v) is 69.6. The van der Waals surface area contributed by atoms with E-state index in [0.29, 0.717) is 0 Å². The molecule has 28 rings (SSSR count). The first-order chi connectivity index (χ1) is 53.1. The summed E-state index contributed by atoms with van der Waals surface area (Å²) in [5.74, 6) is 21.5. The van der Waals surface area contributed by atoms with E-state index in [1.54, 1.807) is 203 Å². The van der Waals surface area contributed by atoms with Crippen LogP contribution in [0.4, 0.5) is 0 Å². The molecule has 19 saturated carbocycles. The van der Waals surface area contributed by atoms with Crippen molar-refractivity contribution in [1.82, 2.24) is 0 Å². The minimum Gasteiger partial charge on any atom is -0.0885 e. The Morgan fingerprint density at radius 2 is 0.645 bits per heavy atom. The summed E-state index contributed by atoms with van der Waals surface area (Å²) in [6.45, 7) is 0. The molecule has 0 radical (unpaired) electrons. The van der Waals surface area contributed by atoms with Gasteiger partial charge in [-0.25, -0.2) is 0 Å². The van der Waals surface area contributed by atoms with E-state index in [-0.39, 0.29) is 0 Å². The minimum atomic E-state index is 0.856. The Morgan fingerprint density at radius 3 is 0.953 bits per heavy atom. The summed E-state index contributed by atoms with van der Waals surface area (Å²) in [6, 6.07) is 8.80. The molecule has 8 bridgehead atoms. The molecule has 594 valence electrons. The van der Waals surface area contributed by atoms with E-state index in [2.05, 4.69) is 140 Å². The number of hydrogen-bond donors (Lipinski definition) is 0. The van der Waals surface area contributed by atoms with Crippen LogP contribution in [0.1, 0.15) is 396 Å². The first-order valence-corrected chi connectivity index (χ1v) is 48.8. The van der Waals surface area contributed by atoms with Crippen LogP contribution in [0.3, 0.4) is 0 Å². The molecule has 11 unspecified atom stereocenters. The third-order valence-corrected chi connectivity index (χ3v) is 31.7. The van der Waals surface area contributed by atoms with E-state index in [0.717, 1.165) is 54.3 Å². The van der Waals surface area contributed by atoms with Crippen molar-refractivity contribution in [3.8, 4) is 0 Å². The van der Waals surface area contributed by atoms with Crippen LogP contribution in [-0.4, -0.2) is 0 Å². The average Bonchev–Trinajstić information content (AvgIpc) is 1.52. The fourth-order valence-electron chi connectivity index (χ4n) is 24.2. The van der Waals surface area contributed by atoms with Crippen molar-refractivity contribution < 1.29 is 0 Å². The summed E-state index contributed by atoms with van der Waals surface area (Å²) in [7, 11) is 0. The molecule has 0 aromatic heterocycles. The standard InChI is InChI=1S/C10H12.C9H16.C9H14.C8H14.C8H10.C8H14.C7H12.C7H10.C7H12.2C6H10.2C6H8.2C5H8/c1-2-6-10-8-4-3-7-9(10)5-1;2*1-2-5-9-7-3-6-8(9)4-1;2*1-3-7-5-2-6-8(7)4-1;1-2-8-5-3-7(1)4-6-8;2*1-2-7-4-3-6(1)5-7;1-2-6-4-7(3-1)5-6;1-2-5-4-6(5)3-1;3*1-2-4-6-5-3-1;1-2-5-3-4(1)5;1-2-4-5-3-1/h1-2,5-6H,3-4,7-8H2;8-9H,1-7H2;3,6,8-9H,1-2,4-5,7H2;7-8H,1-6H2;1,3-4,7H,2,5-6H2;7-8H,1-6H2;6-7H,1-5H2;1-2,6-7H,3-5H2;6-7H,1-5H2;5-6H,1-4H2;1-2H,3-6H2;1-2,5-6H,3-4H2;1-4H,5-6H2;4-5H,1-3H2;1-2H,3-5H2. The summed E-state index contributed by atoms with van der Waals surface area (Å²) in [4.78, 5) is 0. The number of rotatable bonds is 0. The molecule has 27 aliphatic rings. The molecule has 0 amide bonds. The molecule has 0 heteroatoms. The molecule has 0 aliphatic heterocycles. The van der Waals surface area contributed by atoms with Gasteiger partial charge < -0.3 is 0 Å².